The molecule has 3 amide bonds. The van der Waals surface area contributed by atoms with E-state index >= 15 is 0 Å². The molecule has 0 spiro atoms. The molecule has 0 aliphatic carbocycles. The first-order chi connectivity index (χ1) is 12.2. The van der Waals surface area contributed by atoms with E-state index < -0.39 is 11.8 Å². The van der Waals surface area contributed by atoms with Gasteiger partial charge in [-0.2, -0.15) is 0 Å². The number of hydrogen-bond acceptors (Lipinski definition) is 3. The Morgan fingerprint density at radius 1 is 0.731 bits per heavy atom. The van der Waals surface area contributed by atoms with Gasteiger partial charge in [0, 0.05) is 24.0 Å². The molecule has 0 atom stereocenters. The number of carbonyl (C=O) groups excluding carboxylic acids is 3. The third-order valence-electron chi connectivity index (χ3n) is 3.65. The van der Waals surface area contributed by atoms with Crippen LogP contribution in [0.15, 0.2) is 48.5 Å². The maximum atomic E-state index is 12.2. The van der Waals surface area contributed by atoms with E-state index in [0.717, 1.165) is 5.56 Å². The lowest BCUT2D eigenvalue weighted by Gasteiger charge is -2.22. The van der Waals surface area contributed by atoms with Crippen LogP contribution < -0.4 is 16.0 Å². The van der Waals surface area contributed by atoms with Gasteiger partial charge >= 0.3 is 11.8 Å². The molecule has 6 heteroatoms. The molecule has 0 saturated heterocycles. The summed E-state index contributed by atoms with van der Waals surface area (Å²) < 4.78 is 0. The molecule has 136 valence electrons. The fourth-order valence-corrected chi connectivity index (χ4v) is 2.45. The second-order valence-electron chi connectivity index (χ2n) is 6.96. The lowest BCUT2D eigenvalue weighted by Crippen LogP contribution is -2.30. The molecule has 0 fully saturated rings. The molecule has 6 nitrogen and oxygen atoms in total. The highest BCUT2D eigenvalue weighted by Crippen LogP contribution is 2.29. The summed E-state index contributed by atoms with van der Waals surface area (Å²) in [5.74, 6) is -1.69. The maximum Gasteiger partial charge on any atom is 0.314 e. The van der Waals surface area contributed by atoms with Crippen LogP contribution >= 0.6 is 0 Å². The van der Waals surface area contributed by atoms with E-state index in [4.69, 9.17) is 0 Å². The number of hydrogen-bond donors (Lipinski definition) is 3. The van der Waals surface area contributed by atoms with Crippen LogP contribution in [0.2, 0.25) is 0 Å². The zero-order valence-electron chi connectivity index (χ0n) is 15.3. The topological polar surface area (TPSA) is 87.3 Å². The summed E-state index contributed by atoms with van der Waals surface area (Å²) in [6.45, 7) is 7.52. The number of para-hydroxylation sites is 1. The van der Waals surface area contributed by atoms with Gasteiger partial charge in [0.05, 0.1) is 0 Å². The van der Waals surface area contributed by atoms with Crippen LogP contribution in [0, 0.1) is 0 Å². The van der Waals surface area contributed by atoms with Gasteiger partial charge < -0.3 is 16.0 Å². The molecule has 0 aromatic heterocycles. The van der Waals surface area contributed by atoms with Crippen molar-refractivity contribution in [2.75, 3.05) is 16.0 Å². The van der Waals surface area contributed by atoms with Crippen molar-refractivity contribution in [3.8, 4) is 0 Å². The minimum absolute atomic E-state index is 0.167. The summed E-state index contributed by atoms with van der Waals surface area (Å²) in [6, 6.07) is 13.9. The molecule has 0 saturated carbocycles. The van der Waals surface area contributed by atoms with E-state index in [-0.39, 0.29) is 11.3 Å². The smallest absolute Gasteiger partial charge is 0.314 e. The lowest BCUT2D eigenvalue weighted by atomic mass is 9.86. The molecule has 26 heavy (non-hydrogen) atoms. The maximum absolute atomic E-state index is 12.2. The van der Waals surface area contributed by atoms with E-state index in [1.54, 1.807) is 30.3 Å². The van der Waals surface area contributed by atoms with Crippen molar-refractivity contribution in [3.63, 3.8) is 0 Å². The van der Waals surface area contributed by atoms with Crippen LogP contribution in [-0.2, 0) is 19.8 Å². The summed E-state index contributed by atoms with van der Waals surface area (Å²) >= 11 is 0. The van der Waals surface area contributed by atoms with Crippen molar-refractivity contribution >= 4 is 34.8 Å². The molecule has 0 heterocycles. The molecule has 0 aliphatic heterocycles. The SMILES string of the molecule is CC(=O)Nc1ccc(NC(=O)C(=O)Nc2ccccc2C(C)(C)C)cc1. The van der Waals surface area contributed by atoms with Crippen molar-refractivity contribution in [3.05, 3.63) is 54.1 Å². The zero-order valence-corrected chi connectivity index (χ0v) is 15.3. The first kappa shape index (κ1) is 19.2. The first-order valence-corrected chi connectivity index (χ1v) is 8.26. The second-order valence-corrected chi connectivity index (χ2v) is 6.96. The number of nitrogens with one attached hydrogen (secondary N) is 3. The molecule has 3 N–H and O–H groups in total. The average molecular weight is 353 g/mol. The normalized spacial score (nSPS) is 10.8. The van der Waals surface area contributed by atoms with E-state index in [2.05, 4.69) is 16.0 Å². The monoisotopic (exact) mass is 353 g/mol. The van der Waals surface area contributed by atoms with Crippen LogP contribution in [0.1, 0.15) is 33.3 Å². The second kappa shape index (κ2) is 7.82. The van der Waals surface area contributed by atoms with E-state index in [1.807, 2.05) is 39.0 Å². The Balaban J connectivity index is 2.05. The van der Waals surface area contributed by atoms with E-state index in [1.165, 1.54) is 6.92 Å². The molecular formula is C20H23N3O3. The Bertz CT molecular complexity index is 821. The highest BCUT2D eigenvalue weighted by Gasteiger charge is 2.21. The van der Waals surface area contributed by atoms with Crippen LogP contribution in [0.5, 0.6) is 0 Å². The Morgan fingerprint density at radius 2 is 1.23 bits per heavy atom. The Labute approximate surface area is 153 Å². The molecule has 0 bridgehead atoms. The molecule has 2 rings (SSSR count). The van der Waals surface area contributed by atoms with Gasteiger partial charge in [0.15, 0.2) is 0 Å². The van der Waals surface area contributed by atoms with Gasteiger partial charge in [0.2, 0.25) is 5.91 Å². The third kappa shape index (κ3) is 5.17. The highest BCUT2D eigenvalue weighted by molar-refractivity contribution is 6.43. The van der Waals surface area contributed by atoms with Crippen LogP contribution in [0.25, 0.3) is 0 Å². The van der Waals surface area contributed by atoms with Gasteiger partial charge in [0.1, 0.15) is 0 Å². The molecule has 2 aromatic rings. The zero-order chi connectivity index (χ0) is 19.3. The number of amides is 3. The summed E-state index contributed by atoms with van der Waals surface area (Å²) in [4.78, 5) is 35.4. The predicted octanol–water partition coefficient (Wildman–Crippen LogP) is 3.52. The fraction of sp³-hybridized carbons (Fsp3) is 0.250. The van der Waals surface area contributed by atoms with Gasteiger partial charge in [-0.05, 0) is 41.3 Å². The number of rotatable bonds is 3. The van der Waals surface area contributed by atoms with Crippen molar-refractivity contribution in [2.45, 2.75) is 33.1 Å². The lowest BCUT2D eigenvalue weighted by molar-refractivity contribution is -0.133. The average Bonchev–Trinajstić information content (AvgIpc) is 2.55. The molecule has 0 radical (unpaired) electrons. The molecular weight excluding hydrogens is 330 g/mol. The standard InChI is InChI=1S/C20H23N3O3/c1-13(24)21-14-9-11-15(12-10-14)22-18(25)19(26)23-17-8-6-5-7-16(17)20(2,3)4/h5-12H,1-4H3,(H,21,24)(H,22,25)(H,23,26). The minimum Gasteiger partial charge on any atom is -0.326 e. The van der Waals surface area contributed by atoms with Crippen molar-refractivity contribution < 1.29 is 14.4 Å². The van der Waals surface area contributed by atoms with Gasteiger partial charge in [-0.1, -0.05) is 39.0 Å². The number of benzene rings is 2. The van der Waals surface area contributed by atoms with Crippen LogP contribution in [0.3, 0.4) is 0 Å². The highest BCUT2D eigenvalue weighted by atomic mass is 16.2. The summed E-state index contributed by atoms with van der Waals surface area (Å²) in [5.41, 5.74) is 2.46. The van der Waals surface area contributed by atoms with Gasteiger partial charge in [-0.3, -0.25) is 14.4 Å². The van der Waals surface area contributed by atoms with Crippen molar-refractivity contribution in [1.82, 2.24) is 0 Å². The first-order valence-electron chi connectivity index (χ1n) is 8.26. The van der Waals surface area contributed by atoms with E-state index in [9.17, 15) is 14.4 Å². The van der Waals surface area contributed by atoms with Crippen LogP contribution in [0.4, 0.5) is 17.1 Å². The van der Waals surface area contributed by atoms with Crippen molar-refractivity contribution in [1.29, 1.82) is 0 Å². The van der Waals surface area contributed by atoms with Crippen molar-refractivity contribution in [2.24, 2.45) is 0 Å². The molecule has 2 aromatic carbocycles. The summed E-state index contributed by atoms with van der Waals surface area (Å²) in [5, 5.41) is 7.83. The molecule has 0 unspecified atom stereocenters. The number of carbonyl (C=O) groups is 3. The largest absolute Gasteiger partial charge is 0.326 e. The van der Waals surface area contributed by atoms with Gasteiger partial charge in [0.25, 0.3) is 0 Å². The summed E-state index contributed by atoms with van der Waals surface area (Å²) in [7, 11) is 0. The van der Waals surface area contributed by atoms with Gasteiger partial charge in [-0.25, -0.2) is 0 Å². The molecule has 0 aliphatic rings. The third-order valence-corrected chi connectivity index (χ3v) is 3.65. The Kier molecular flexibility index (Phi) is 5.77. The van der Waals surface area contributed by atoms with Crippen LogP contribution in [-0.4, -0.2) is 17.7 Å². The quantitative estimate of drug-likeness (QED) is 0.738. The predicted molar refractivity (Wildman–Crippen MR) is 103 cm³/mol. The minimum atomic E-state index is -0.763. The number of anilines is 3. The van der Waals surface area contributed by atoms with Gasteiger partial charge in [-0.15, -0.1) is 0 Å². The summed E-state index contributed by atoms with van der Waals surface area (Å²) in [6.07, 6.45) is 0. The Hall–Kier alpha value is -3.15. The fourth-order valence-electron chi connectivity index (χ4n) is 2.45. The Morgan fingerprint density at radius 3 is 1.77 bits per heavy atom. The van der Waals surface area contributed by atoms with E-state index in [0.29, 0.717) is 17.1 Å².